The van der Waals surface area contributed by atoms with E-state index in [-0.39, 0.29) is 11.4 Å². The molecular formula is C18H9F4N4+. The number of aromatic nitrogens is 2. The molecule has 0 bridgehead atoms. The lowest BCUT2D eigenvalue weighted by molar-refractivity contribution is -0.359. The van der Waals surface area contributed by atoms with Crippen LogP contribution in [-0.2, 0) is 0 Å². The van der Waals surface area contributed by atoms with Crippen LogP contribution in [0.5, 0.6) is 0 Å². The molecule has 2 aromatic carbocycles. The summed E-state index contributed by atoms with van der Waals surface area (Å²) in [5, 5.41) is 12.6. The van der Waals surface area contributed by atoms with Gasteiger partial charge in [0, 0.05) is 23.0 Å². The summed E-state index contributed by atoms with van der Waals surface area (Å²) in [5.41, 5.74) is 0.583. The molecule has 0 aliphatic carbocycles. The zero-order chi connectivity index (χ0) is 18.4. The largest absolute Gasteiger partial charge is 0.353 e. The van der Waals surface area contributed by atoms with E-state index in [0.29, 0.717) is 33.9 Å². The Bertz CT molecular complexity index is 1200. The highest BCUT2D eigenvalue weighted by Gasteiger charge is 2.22. The Hall–Kier alpha value is -3.60. The number of benzene rings is 2. The highest BCUT2D eigenvalue weighted by molar-refractivity contribution is 6.13. The summed E-state index contributed by atoms with van der Waals surface area (Å²) in [5.74, 6) is -3.68. The van der Waals surface area contributed by atoms with Gasteiger partial charge in [0.2, 0.25) is 0 Å². The molecule has 3 N–H and O–H groups in total. The monoisotopic (exact) mass is 357 g/mol. The van der Waals surface area contributed by atoms with E-state index in [2.05, 4.69) is 15.3 Å². The minimum absolute atomic E-state index is 0.125. The second-order valence-electron chi connectivity index (χ2n) is 5.62. The van der Waals surface area contributed by atoms with E-state index in [1.165, 1.54) is 24.4 Å². The number of fused-ring (bicyclic) bond motifs is 3. The first-order valence-electron chi connectivity index (χ1n) is 7.45. The second kappa shape index (κ2) is 5.74. The van der Waals surface area contributed by atoms with Gasteiger partial charge in [-0.25, -0.2) is 27.9 Å². The number of nitriles is 1. The van der Waals surface area contributed by atoms with Crippen LogP contribution >= 0.6 is 0 Å². The molecule has 0 saturated heterocycles. The normalized spacial score (nSPS) is 11.0. The molecule has 0 saturated carbocycles. The molecule has 0 spiro atoms. The van der Waals surface area contributed by atoms with E-state index in [0.717, 1.165) is 0 Å². The summed E-state index contributed by atoms with van der Waals surface area (Å²) >= 11 is 0. The average molecular weight is 357 g/mol. The Kier molecular flexibility index (Phi) is 3.51. The molecule has 128 valence electrons. The van der Waals surface area contributed by atoms with Crippen LogP contribution in [-0.4, -0.2) is 4.98 Å². The van der Waals surface area contributed by atoms with Gasteiger partial charge in [-0.05, 0) is 18.2 Å². The highest BCUT2D eigenvalue weighted by atomic mass is 19.1. The third-order valence-corrected chi connectivity index (χ3v) is 4.02. The van der Waals surface area contributed by atoms with Crippen LogP contribution in [0.3, 0.4) is 0 Å². The number of rotatable bonds is 2. The first-order valence-corrected chi connectivity index (χ1v) is 7.45. The van der Waals surface area contributed by atoms with Gasteiger partial charge in [0.1, 0.15) is 29.5 Å². The smallest absolute Gasteiger partial charge is 0.287 e. The van der Waals surface area contributed by atoms with E-state index in [1.807, 2.05) is 6.07 Å². The highest BCUT2D eigenvalue weighted by Crippen LogP contribution is 2.33. The fraction of sp³-hybridized carbons (Fsp3) is 0. The Labute approximate surface area is 143 Å². The van der Waals surface area contributed by atoms with E-state index >= 15 is 0 Å². The first kappa shape index (κ1) is 15.9. The molecule has 0 fully saturated rings. The third kappa shape index (κ3) is 2.41. The Morgan fingerprint density at radius 2 is 1.73 bits per heavy atom. The van der Waals surface area contributed by atoms with Crippen molar-refractivity contribution in [1.29, 1.82) is 5.26 Å². The van der Waals surface area contributed by atoms with Crippen LogP contribution in [0, 0.1) is 34.6 Å². The molecule has 2 aromatic heterocycles. The van der Waals surface area contributed by atoms with Crippen molar-refractivity contribution in [1.82, 2.24) is 4.98 Å². The van der Waals surface area contributed by atoms with E-state index < -0.39 is 29.0 Å². The number of hydrogen-bond acceptors (Lipinski definition) is 2. The van der Waals surface area contributed by atoms with Crippen molar-refractivity contribution in [2.24, 2.45) is 0 Å². The predicted octanol–water partition coefficient (Wildman–Crippen LogP) is 4.31. The number of nitrogens with zero attached hydrogens (tertiary/aromatic N) is 1. The van der Waals surface area contributed by atoms with Crippen molar-refractivity contribution in [3.63, 3.8) is 0 Å². The average Bonchev–Trinajstić information content (AvgIpc) is 2.97. The number of aromatic amines is 2. The van der Waals surface area contributed by atoms with Gasteiger partial charge in [-0.1, -0.05) is 0 Å². The number of nitrogens with one attached hydrogen (secondary N) is 3. The summed E-state index contributed by atoms with van der Waals surface area (Å²) in [7, 11) is 0. The summed E-state index contributed by atoms with van der Waals surface area (Å²) in [6, 6.07) is 7.06. The summed E-state index contributed by atoms with van der Waals surface area (Å²) in [6.45, 7) is 0. The SMILES string of the molecule is N#Cc1c[nH+]c(Nc2c(F)cc(F)cc2F)c2c1[nH]c1ccc(F)cc12. The van der Waals surface area contributed by atoms with Gasteiger partial charge in [-0.3, -0.25) is 0 Å². The maximum Gasteiger partial charge on any atom is 0.287 e. The molecule has 0 unspecified atom stereocenters. The molecule has 4 aromatic rings. The molecule has 8 heteroatoms. The third-order valence-electron chi connectivity index (χ3n) is 4.02. The van der Waals surface area contributed by atoms with Crippen LogP contribution in [0.2, 0.25) is 0 Å². The number of halogens is 4. The van der Waals surface area contributed by atoms with Gasteiger partial charge in [0.25, 0.3) is 5.82 Å². The lowest BCUT2D eigenvalue weighted by Gasteiger charge is -2.04. The van der Waals surface area contributed by atoms with Crippen LogP contribution in [0.4, 0.5) is 29.1 Å². The number of H-pyrrole nitrogens is 2. The van der Waals surface area contributed by atoms with Gasteiger partial charge in [0.05, 0.1) is 10.9 Å². The zero-order valence-corrected chi connectivity index (χ0v) is 12.9. The number of anilines is 2. The molecule has 0 radical (unpaired) electrons. The quantitative estimate of drug-likeness (QED) is 0.525. The van der Waals surface area contributed by atoms with Gasteiger partial charge < -0.3 is 4.98 Å². The first-order chi connectivity index (χ1) is 12.5. The predicted molar refractivity (Wildman–Crippen MR) is 86.6 cm³/mol. The molecule has 4 rings (SSSR count). The van der Waals surface area contributed by atoms with Gasteiger partial charge >= 0.3 is 0 Å². The maximum atomic E-state index is 14.0. The van der Waals surface area contributed by atoms with E-state index in [9.17, 15) is 22.8 Å². The minimum Gasteiger partial charge on any atom is -0.353 e. The standard InChI is InChI=1S/C18H8F4N4/c19-9-1-2-14-11(3-9)15-16(25-14)8(6-23)7-24-18(15)26-17-12(21)4-10(20)5-13(17)22/h1-5,7,25H,(H,24,26)/p+1. The molecule has 2 heterocycles. The lowest BCUT2D eigenvalue weighted by atomic mass is 10.1. The van der Waals surface area contributed by atoms with Crippen molar-refractivity contribution in [2.45, 2.75) is 0 Å². The molecule has 0 atom stereocenters. The zero-order valence-electron chi connectivity index (χ0n) is 12.9. The molecule has 26 heavy (non-hydrogen) atoms. The van der Waals surface area contributed by atoms with Crippen LogP contribution in [0.1, 0.15) is 5.56 Å². The number of hydrogen-bond donors (Lipinski definition) is 2. The summed E-state index contributed by atoms with van der Waals surface area (Å²) in [4.78, 5) is 5.74. The fourth-order valence-electron chi connectivity index (χ4n) is 2.89. The summed E-state index contributed by atoms with van der Waals surface area (Å²) < 4.78 is 54.7. The Morgan fingerprint density at radius 1 is 1.00 bits per heavy atom. The van der Waals surface area contributed by atoms with Crippen molar-refractivity contribution in [3.8, 4) is 6.07 Å². The molecular weight excluding hydrogens is 348 g/mol. The second-order valence-corrected chi connectivity index (χ2v) is 5.62. The van der Waals surface area contributed by atoms with Gasteiger partial charge in [0.15, 0.2) is 17.3 Å². The Balaban J connectivity index is 2.01. The number of pyridine rings is 1. The van der Waals surface area contributed by atoms with Crippen molar-refractivity contribution in [2.75, 3.05) is 5.32 Å². The van der Waals surface area contributed by atoms with Crippen LogP contribution in [0.25, 0.3) is 21.8 Å². The lowest BCUT2D eigenvalue weighted by Crippen LogP contribution is -2.12. The molecule has 0 amide bonds. The van der Waals surface area contributed by atoms with E-state index in [4.69, 9.17) is 0 Å². The maximum absolute atomic E-state index is 14.0. The topological polar surface area (TPSA) is 65.8 Å². The van der Waals surface area contributed by atoms with Crippen molar-refractivity contribution >= 4 is 33.3 Å². The van der Waals surface area contributed by atoms with Gasteiger partial charge in [-0.15, -0.1) is 0 Å². The van der Waals surface area contributed by atoms with Gasteiger partial charge in [-0.2, -0.15) is 5.26 Å². The Morgan fingerprint density at radius 3 is 2.42 bits per heavy atom. The minimum atomic E-state index is -1.13. The van der Waals surface area contributed by atoms with Crippen molar-refractivity contribution < 1.29 is 22.5 Å². The van der Waals surface area contributed by atoms with Crippen molar-refractivity contribution in [3.05, 3.63) is 65.4 Å². The fourth-order valence-corrected chi connectivity index (χ4v) is 2.89. The van der Waals surface area contributed by atoms with Crippen LogP contribution < -0.4 is 10.3 Å². The van der Waals surface area contributed by atoms with E-state index in [1.54, 1.807) is 0 Å². The van der Waals surface area contributed by atoms with Crippen LogP contribution in [0.15, 0.2) is 36.5 Å². The summed E-state index contributed by atoms with van der Waals surface area (Å²) in [6.07, 6.45) is 1.34. The molecule has 4 nitrogen and oxygen atoms in total. The molecule has 0 aliphatic rings. The molecule has 0 aliphatic heterocycles.